The summed E-state index contributed by atoms with van der Waals surface area (Å²) >= 11 is 1.34. The summed E-state index contributed by atoms with van der Waals surface area (Å²) in [4.78, 5) is 12.0. The summed E-state index contributed by atoms with van der Waals surface area (Å²) in [7, 11) is 0. The molecule has 0 atom stereocenters. The zero-order valence-electron chi connectivity index (χ0n) is 10.5. The van der Waals surface area contributed by atoms with E-state index >= 15 is 0 Å². The molecule has 0 aliphatic heterocycles. The first-order valence-electron chi connectivity index (χ1n) is 5.79. The second-order valence-corrected chi connectivity index (χ2v) is 5.18. The Kier molecular flexibility index (Phi) is 3.21. The largest absolute Gasteiger partial charge is 0.296 e. The Morgan fingerprint density at radius 2 is 1.85 bits per heavy atom. The van der Waals surface area contributed by atoms with Crippen LogP contribution in [0.15, 0.2) is 36.9 Å². The monoisotopic (exact) mass is 286 g/mol. The van der Waals surface area contributed by atoms with Gasteiger partial charge in [-0.05, 0) is 31.2 Å². The average molecular weight is 286 g/mol. The Morgan fingerprint density at radius 1 is 1.15 bits per heavy atom. The van der Waals surface area contributed by atoms with Gasteiger partial charge in [-0.2, -0.15) is 0 Å². The molecule has 0 unspecified atom stereocenters. The molecule has 3 aromatic rings. The topological polar surface area (TPSA) is 85.6 Å². The predicted octanol–water partition coefficient (Wildman–Crippen LogP) is 1.68. The summed E-state index contributed by atoms with van der Waals surface area (Å²) in [5.41, 5.74) is 1.44. The SMILES string of the molecule is Cc1nnc(NC(=O)c2ccc(-n3cnnc3)cc2)s1. The lowest BCUT2D eigenvalue weighted by molar-refractivity contribution is 0.102. The Bertz CT molecular complexity index is 719. The molecule has 2 aromatic heterocycles. The summed E-state index contributed by atoms with van der Waals surface area (Å²) in [6.07, 6.45) is 3.19. The molecule has 1 amide bonds. The van der Waals surface area contributed by atoms with Gasteiger partial charge in [0, 0.05) is 11.3 Å². The van der Waals surface area contributed by atoms with Gasteiger partial charge in [0.25, 0.3) is 5.91 Å². The molecule has 7 nitrogen and oxygen atoms in total. The van der Waals surface area contributed by atoms with Crippen LogP contribution >= 0.6 is 11.3 Å². The van der Waals surface area contributed by atoms with Gasteiger partial charge < -0.3 is 0 Å². The van der Waals surface area contributed by atoms with Gasteiger partial charge in [-0.15, -0.1) is 20.4 Å². The highest BCUT2D eigenvalue weighted by molar-refractivity contribution is 7.15. The Balaban J connectivity index is 1.75. The van der Waals surface area contributed by atoms with Crippen LogP contribution < -0.4 is 5.32 Å². The molecule has 8 heteroatoms. The molecule has 0 aliphatic carbocycles. The lowest BCUT2D eigenvalue weighted by atomic mass is 10.2. The fourth-order valence-electron chi connectivity index (χ4n) is 1.64. The molecule has 20 heavy (non-hydrogen) atoms. The lowest BCUT2D eigenvalue weighted by Crippen LogP contribution is -2.11. The number of hydrogen-bond acceptors (Lipinski definition) is 6. The maximum atomic E-state index is 12.0. The molecule has 3 rings (SSSR count). The van der Waals surface area contributed by atoms with E-state index in [-0.39, 0.29) is 5.91 Å². The molecule has 0 aliphatic rings. The van der Waals surface area contributed by atoms with Crippen molar-refractivity contribution in [1.29, 1.82) is 0 Å². The van der Waals surface area contributed by atoms with Crippen molar-refractivity contribution < 1.29 is 4.79 Å². The van der Waals surface area contributed by atoms with E-state index in [1.807, 2.05) is 19.1 Å². The Labute approximate surface area is 118 Å². The van der Waals surface area contributed by atoms with E-state index in [1.165, 1.54) is 11.3 Å². The van der Waals surface area contributed by atoms with Crippen LogP contribution in [-0.4, -0.2) is 30.9 Å². The minimum atomic E-state index is -0.212. The zero-order chi connectivity index (χ0) is 13.9. The number of amides is 1. The van der Waals surface area contributed by atoms with Crippen molar-refractivity contribution in [2.45, 2.75) is 6.92 Å². The molecule has 0 spiro atoms. The summed E-state index contributed by atoms with van der Waals surface area (Å²) in [5, 5.41) is 19.2. The number of anilines is 1. The lowest BCUT2D eigenvalue weighted by Gasteiger charge is -2.03. The molecule has 2 heterocycles. The van der Waals surface area contributed by atoms with E-state index in [9.17, 15) is 4.79 Å². The standard InChI is InChI=1S/C12H10N6OS/c1-8-16-17-12(20-8)15-11(19)9-2-4-10(5-3-9)18-6-13-14-7-18/h2-7H,1H3,(H,15,17,19). The first kappa shape index (κ1) is 12.4. The molecule has 0 bridgehead atoms. The van der Waals surface area contributed by atoms with Gasteiger partial charge in [0.05, 0.1) is 0 Å². The smallest absolute Gasteiger partial charge is 0.257 e. The van der Waals surface area contributed by atoms with Crippen LogP contribution in [0.5, 0.6) is 0 Å². The maximum absolute atomic E-state index is 12.0. The fraction of sp³-hybridized carbons (Fsp3) is 0.0833. The number of aromatic nitrogens is 5. The van der Waals surface area contributed by atoms with E-state index in [0.717, 1.165) is 10.7 Å². The first-order valence-corrected chi connectivity index (χ1v) is 6.60. The van der Waals surface area contributed by atoms with Crippen LogP contribution in [-0.2, 0) is 0 Å². The fourth-order valence-corrected chi connectivity index (χ4v) is 2.22. The molecule has 1 N–H and O–H groups in total. The van der Waals surface area contributed by atoms with Crippen molar-refractivity contribution in [3.8, 4) is 5.69 Å². The van der Waals surface area contributed by atoms with Crippen LogP contribution in [0.25, 0.3) is 5.69 Å². The van der Waals surface area contributed by atoms with Gasteiger partial charge in [0.15, 0.2) is 0 Å². The predicted molar refractivity (Wildman–Crippen MR) is 74.0 cm³/mol. The second kappa shape index (κ2) is 5.17. The summed E-state index contributed by atoms with van der Waals surface area (Å²) in [5.74, 6) is -0.212. The highest BCUT2D eigenvalue weighted by Gasteiger charge is 2.09. The van der Waals surface area contributed by atoms with E-state index < -0.39 is 0 Å². The van der Waals surface area contributed by atoms with Gasteiger partial charge in [0.1, 0.15) is 17.7 Å². The minimum Gasteiger partial charge on any atom is -0.296 e. The van der Waals surface area contributed by atoms with Gasteiger partial charge in [-0.25, -0.2) is 0 Å². The Hall–Kier alpha value is -2.61. The maximum Gasteiger partial charge on any atom is 0.257 e. The van der Waals surface area contributed by atoms with Crippen LogP contribution in [0.2, 0.25) is 0 Å². The van der Waals surface area contributed by atoms with Crippen molar-refractivity contribution in [3.63, 3.8) is 0 Å². The van der Waals surface area contributed by atoms with Gasteiger partial charge in [0.2, 0.25) is 5.13 Å². The number of rotatable bonds is 3. The van der Waals surface area contributed by atoms with E-state index in [1.54, 1.807) is 29.4 Å². The van der Waals surface area contributed by atoms with Crippen molar-refractivity contribution in [2.75, 3.05) is 5.32 Å². The van der Waals surface area contributed by atoms with E-state index in [4.69, 9.17) is 0 Å². The first-order chi connectivity index (χ1) is 9.72. The van der Waals surface area contributed by atoms with Gasteiger partial charge >= 0.3 is 0 Å². The summed E-state index contributed by atoms with van der Waals surface area (Å²) in [6, 6.07) is 7.12. The number of nitrogens with zero attached hydrogens (tertiary/aromatic N) is 5. The third kappa shape index (κ3) is 2.54. The number of aryl methyl sites for hydroxylation is 1. The molecule has 0 radical (unpaired) electrons. The average Bonchev–Trinajstić information content (AvgIpc) is 3.11. The molecule has 100 valence electrons. The molecular weight excluding hydrogens is 276 g/mol. The number of carbonyl (C=O) groups is 1. The van der Waals surface area contributed by atoms with Crippen molar-refractivity contribution in [3.05, 3.63) is 47.5 Å². The zero-order valence-corrected chi connectivity index (χ0v) is 11.3. The third-order valence-electron chi connectivity index (χ3n) is 2.59. The van der Waals surface area contributed by atoms with Crippen molar-refractivity contribution >= 4 is 22.4 Å². The second-order valence-electron chi connectivity index (χ2n) is 4.00. The molecular formula is C12H10N6OS. The van der Waals surface area contributed by atoms with Crippen LogP contribution in [0.3, 0.4) is 0 Å². The highest BCUT2D eigenvalue weighted by Crippen LogP contribution is 2.15. The molecule has 1 aromatic carbocycles. The molecule has 0 saturated carbocycles. The number of carbonyl (C=O) groups excluding carboxylic acids is 1. The van der Waals surface area contributed by atoms with E-state index in [2.05, 4.69) is 25.7 Å². The van der Waals surface area contributed by atoms with Crippen molar-refractivity contribution in [2.24, 2.45) is 0 Å². The number of hydrogen-bond donors (Lipinski definition) is 1. The van der Waals surface area contributed by atoms with Crippen LogP contribution in [0.1, 0.15) is 15.4 Å². The van der Waals surface area contributed by atoms with Crippen LogP contribution in [0, 0.1) is 6.92 Å². The quantitative estimate of drug-likeness (QED) is 0.791. The normalized spacial score (nSPS) is 10.4. The third-order valence-corrected chi connectivity index (χ3v) is 3.35. The van der Waals surface area contributed by atoms with Gasteiger partial charge in [-0.1, -0.05) is 11.3 Å². The molecule has 0 saturated heterocycles. The van der Waals surface area contributed by atoms with Gasteiger partial charge in [-0.3, -0.25) is 14.7 Å². The summed E-state index contributed by atoms with van der Waals surface area (Å²) in [6.45, 7) is 1.83. The number of benzene rings is 1. The molecule has 0 fully saturated rings. The minimum absolute atomic E-state index is 0.212. The van der Waals surface area contributed by atoms with Crippen LogP contribution in [0.4, 0.5) is 5.13 Å². The van der Waals surface area contributed by atoms with E-state index in [0.29, 0.717) is 10.7 Å². The van der Waals surface area contributed by atoms with Crippen molar-refractivity contribution in [1.82, 2.24) is 25.0 Å². The highest BCUT2D eigenvalue weighted by atomic mass is 32.1. The summed E-state index contributed by atoms with van der Waals surface area (Å²) < 4.78 is 1.76. The Morgan fingerprint density at radius 3 is 2.45 bits per heavy atom. The number of nitrogens with one attached hydrogen (secondary N) is 1.